The van der Waals surface area contributed by atoms with Gasteiger partial charge in [0.2, 0.25) is 0 Å². The van der Waals surface area contributed by atoms with Crippen molar-refractivity contribution in [1.29, 1.82) is 5.26 Å². The van der Waals surface area contributed by atoms with Gasteiger partial charge in [-0.2, -0.15) is 5.26 Å². The van der Waals surface area contributed by atoms with Gasteiger partial charge in [0.05, 0.1) is 18.7 Å². The Labute approximate surface area is 121 Å². The normalized spacial score (nSPS) is 10.7. The number of hydrogen-bond acceptors (Lipinski definition) is 2. The molecule has 0 unspecified atom stereocenters. The fraction of sp³-hybridized carbons (Fsp3) is 0.118. The number of aliphatic hydroxyl groups is 1. The van der Waals surface area contributed by atoms with Gasteiger partial charge in [-0.3, -0.25) is 0 Å². The van der Waals surface area contributed by atoms with E-state index in [1.807, 2.05) is 41.1 Å². The van der Waals surface area contributed by atoms with Gasteiger partial charge in [0.15, 0.2) is 0 Å². The minimum atomic E-state index is -0.483. The van der Waals surface area contributed by atoms with E-state index < -0.39 is 5.82 Å². The fourth-order valence-electron chi connectivity index (χ4n) is 2.55. The number of aromatic nitrogens is 1. The molecule has 0 saturated carbocycles. The molecule has 3 nitrogen and oxygen atoms in total. The zero-order chi connectivity index (χ0) is 14.8. The number of aliphatic hydroxyl groups excluding tert-OH is 1. The van der Waals surface area contributed by atoms with Crippen molar-refractivity contribution < 1.29 is 9.50 Å². The van der Waals surface area contributed by atoms with Crippen molar-refractivity contribution in [2.24, 2.45) is 0 Å². The summed E-state index contributed by atoms with van der Waals surface area (Å²) < 4.78 is 16.1. The van der Waals surface area contributed by atoms with Gasteiger partial charge in [0.1, 0.15) is 11.9 Å². The topological polar surface area (TPSA) is 49.0 Å². The number of fused-ring (bicyclic) bond motifs is 1. The number of para-hydroxylation sites is 1. The molecule has 104 valence electrons. The minimum Gasteiger partial charge on any atom is -0.392 e. The van der Waals surface area contributed by atoms with Gasteiger partial charge in [-0.15, -0.1) is 0 Å². The van der Waals surface area contributed by atoms with Crippen LogP contribution in [0.5, 0.6) is 0 Å². The average Bonchev–Trinajstić information content (AvgIpc) is 2.87. The molecule has 1 aromatic heterocycles. The van der Waals surface area contributed by atoms with Crippen molar-refractivity contribution in [3.63, 3.8) is 0 Å². The summed E-state index contributed by atoms with van der Waals surface area (Å²) in [6.45, 7) is 0.260. The maximum atomic E-state index is 14.2. The number of nitriles is 1. The first kappa shape index (κ1) is 13.3. The van der Waals surface area contributed by atoms with E-state index in [9.17, 15) is 9.50 Å². The highest BCUT2D eigenvalue weighted by Crippen LogP contribution is 2.23. The quantitative estimate of drug-likeness (QED) is 0.801. The first-order chi connectivity index (χ1) is 10.2. The van der Waals surface area contributed by atoms with E-state index in [1.165, 1.54) is 6.07 Å². The lowest BCUT2D eigenvalue weighted by Crippen LogP contribution is -2.02. The molecule has 3 aromatic rings. The van der Waals surface area contributed by atoms with Crippen molar-refractivity contribution in [3.05, 3.63) is 71.2 Å². The maximum absolute atomic E-state index is 14.2. The van der Waals surface area contributed by atoms with E-state index in [0.29, 0.717) is 12.1 Å². The van der Waals surface area contributed by atoms with Crippen molar-refractivity contribution in [2.75, 3.05) is 0 Å². The van der Waals surface area contributed by atoms with E-state index in [2.05, 4.69) is 0 Å². The average molecular weight is 280 g/mol. The molecule has 0 aliphatic rings. The molecule has 3 rings (SSSR count). The van der Waals surface area contributed by atoms with E-state index >= 15 is 0 Å². The highest BCUT2D eigenvalue weighted by atomic mass is 19.1. The maximum Gasteiger partial charge on any atom is 0.145 e. The number of rotatable bonds is 3. The minimum absolute atomic E-state index is 0.0475. The fourth-order valence-corrected chi connectivity index (χ4v) is 2.55. The van der Waals surface area contributed by atoms with Crippen LogP contribution in [0.3, 0.4) is 0 Å². The van der Waals surface area contributed by atoms with Crippen LogP contribution in [0.25, 0.3) is 10.9 Å². The SMILES string of the molecule is N#Cc1cccc(Cn2cc(CO)c3ccccc32)c1F. The van der Waals surface area contributed by atoms with Crippen LogP contribution in [0.15, 0.2) is 48.7 Å². The summed E-state index contributed by atoms with van der Waals surface area (Å²) in [5.74, 6) is -0.483. The third-order valence-electron chi connectivity index (χ3n) is 3.58. The van der Waals surface area contributed by atoms with Crippen LogP contribution in [0.1, 0.15) is 16.7 Å². The van der Waals surface area contributed by atoms with E-state index in [1.54, 1.807) is 12.1 Å². The van der Waals surface area contributed by atoms with Crippen molar-refractivity contribution in [2.45, 2.75) is 13.2 Å². The van der Waals surface area contributed by atoms with Crippen molar-refractivity contribution in [1.82, 2.24) is 4.57 Å². The van der Waals surface area contributed by atoms with Crippen LogP contribution >= 0.6 is 0 Å². The van der Waals surface area contributed by atoms with Gasteiger partial charge in [-0.1, -0.05) is 30.3 Å². The monoisotopic (exact) mass is 280 g/mol. The third-order valence-corrected chi connectivity index (χ3v) is 3.58. The van der Waals surface area contributed by atoms with Crippen LogP contribution in [-0.4, -0.2) is 9.67 Å². The standard InChI is InChI=1S/C17H13FN2O/c18-17-12(8-19)4-3-5-13(17)9-20-10-14(11-21)15-6-1-2-7-16(15)20/h1-7,10,21H,9,11H2. The predicted molar refractivity (Wildman–Crippen MR) is 78.1 cm³/mol. The molecule has 0 aliphatic carbocycles. The van der Waals surface area contributed by atoms with Gasteiger partial charge in [0, 0.05) is 28.2 Å². The summed E-state index contributed by atoms with van der Waals surface area (Å²) in [6.07, 6.45) is 1.82. The Morgan fingerprint density at radius 3 is 2.67 bits per heavy atom. The van der Waals surface area contributed by atoms with Crippen LogP contribution in [0, 0.1) is 17.1 Å². The number of nitrogens with zero attached hydrogens (tertiary/aromatic N) is 2. The second-order valence-corrected chi connectivity index (χ2v) is 4.85. The molecule has 21 heavy (non-hydrogen) atoms. The van der Waals surface area contributed by atoms with Crippen LogP contribution < -0.4 is 0 Å². The van der Waals surface area contributed by atoms with E-state index in [0.717, 1.165) is 16.5 Å². The smallest absolute Gasteiger partial charge is 0.145 e. The second-order valence-electron chi connectivity index (χ2n) is 4.85. The Hall–Kier alpha value is -2.64. The molecule has 0 bridgehead atoms. The Bertz CT molecular complexity index is 846. The lowest BCUT2D eigenvalue weighted by Gasteiger charge is -2.07. The van der Waals surface area contributed by atoms with Crippen LogP contribution in [0.4, 0.5) is 4.39 Å². The van der Waals surface area contributed by atoms with Crippen molar-refractivity contribution >= 4 is 10.9 Å². The lowest BCUT2D eigenvalue weighted by molar-refractivity contribution is 0.283. The molecule has 0 fully saturated rings. The highest BCUT2D eigenvalue weighted by molar-refractivity contribution is 5.83. The van der Waals surface area contributed by atoms with Gasteiger partial charge in [-0.25, -0.2) is 4.39 Å². The lowest BCUT2D eigenvalue weighted by atomic mass is 10.1. The summed E-state index contributed by atoms with van der Waals surface area (Å²) in [5, 5.41) is 19.3. The highest BCUT2D eigenvalue weighted by Gasteiger charge is 2.11. The van der Waals surface area contributed by atoms with Gasteiger partial charge < -0.3 is 9.67 Å². The third kappa shape index (κ3) is 2.28. The van der Waals surface area contributed by atoms with Gasteiger partial charge in [0.25, 0.3) is 0 Å². The molecule has 2 aromatic carbocycles. The second kappa shape index (κ2) is 5.39. The summed E-state index contributed by atoms with van der Waals surface area (Å²) in [5.41, 5.74) is 2.25. The Morgan fingerprint density at radius 2 is 1.90 bits per heavy atom. The zero-order valence-corrected chi connectivity index (χ0v) is 11.3. The first-order valence-electron chi connectivity index (χ1n) is 6.59. The van der Waals surface area contributed by atoms with Gasteiger partial charge >= 0.3 is 0 Å². The van der Waals surface area contributed by atoms with Gasteiger partial charge in [-0.05, 0) is 12.1 Å². The molecule has 4 heteroatoms. The number of benzene rings is 2. The number of hydrogen-bond donors (Lipinski definition) is 1. The summed E-state index contributed by atoms with van der Waals surface area (Å²) in [6, 6.07) is 14.3. The van der Waals surface area contributed by atoms with Crippen LogP contribution in [-0.2, 0) is 13.2 Å². The molecule has 0 amide bonds. The predicted octanol–water partition coefficient (Wildman–Crippen LogP) is 3.19. The molecule has 0 spiro atoms. The molecular formula is C17H13FN2O. The molecule has 1 heterocycles. The molecule has 0 aliphatic heterocycles. The molecule has 0 radical (unpaired) electrons. The molecule has 0 atom stereocenters. The molecule has 1 N–H and O–H groups in total. The summed E-state index contributed by atoms with van der Waals surface area (Å²) >= 11 is 0. The molecule has 0 saturated heterocycles. The Morgan fingerprint density at radius 1 is 1.10 bits per heavy atom. The molecular weight excluding hydrogens is 267 g/mol. The number of halogens is 1. The zero-order valence-electron chi connectivity index (χ0n) is 11.3. The van der Waals surface area contributed by atoms with Crippen LogP contribution in [0.2, 0.25) is 0 Å². The Balaban J connectivity index is 2.09. The summed E-state index contributed by atoms with van der Waals surface area (Å²) in [4.78, 5) is 0. The largest absolute Gasteiger partial charge is 0.392 e. The van der Waals surface area contributed by atoms with Crippen molar-refractivity contribution in [3.8, 4) is 6.07 Å². The Kier molecular flexibility index (Phi) is 3.43. The first-order valence-corrected chi connectivity index (χ1v) is 6.59. The summed E-state index contributed by atoms with van der Waals surface area (Å²) in [7, 11) is 0. The van der Waals surface area contributed by atoms with E-state index in [-0.39, 0.29) is 12.2 Å². The van der Waals surface area contributed by atoms with E-state index in [4.69, 9.17) is 5.26 Å².